The van der Waals surface area contributed by atoms with Crippen molar-refractivity contribution in [1.82, 2.24) is 0 Å². The number of hydrogen-bond donors (Lipinski definition) is 0. The Balaban J connectivity index is 1.66. The Bertz CT molecular complexity index is 1130. The molecule has 3 aromatic rings. The summed E-state index contributed by atoms with van der Waals surface area (Å²) in [5, 5.41) is 0. The van der Waals surface area contributed by atoms with Crippen LogP contribution in [0, 0.1) is 11.6 Å². The molecular weight excluding hydrogens is 482 g/mol. The van der Waals surface area contributed by atoms with Crippen LogP contribution in [0.2, 0.25) is 0 Å². The summed E-state index contributed by atoms with van der Waals surface area (Å²) in [5.74, 6) is -3.65. The Kier molecular flexibility index (Phi) is 8.93. The molecule has 0 aliphatic carbocycles. The molecule has 8 heteroatoms. The molecular formula is C28H28F6O2. The van der Waals surface area contributed by atoms with Gasteiger partial charge in [-0.2, -0.15) is 17.6 Å². The summed E-state index contributed by atoms with van der Waals surface area (Å²) >= 11 is 0. The van der Waals surface area contributed by atoms with Crippen molar-refractivity contribution in [2.45, 2.75) is 64.6 Å². The lowest BCUT2D eigenvalue weighted by atomic mass is 10.1. The normalized spacial score (nSPS) is 12.0. The highest BCUT2D eigenvalue weighted by molar-refractivity contribution is 5.34. The maximum Gasteiger partial charge on any atom is 0.429 e. The second-order valence-electron chi connectivity index (χ2n) is 8.47. The van der Waals surface area contributed by atoms with Crippen LogP contribution in [0.1, 0.15) is 61.8 Å². The second-order valence-corrected chi connectivity index (χ2v) is 8.47. The van der Waals surface area contributed by atoms with E-state index in [2.05, 4.69) is 11.7 Å². The van der Waals surface area contributed by atoms with E-state index < -0.39 is 40.7 Å². The number of rotatable bonds is 12. The Labute approximate surface area is 206 Å². The van der Waals surface area contributed by atoms with Crippen LogP contribution >= 0.6 is 0 Å². The molecule has 3 rings (SSSR count). The molecule has 0 fully saturated rings. The number of alkyl halides is 4. The van der Waals surface area contributed by atoms with Crippen LogP contribution in [0.5, 0.6) is 11.5 Å². The van der Waals surface area contributed by atoms with Crippen molar-refractivity contribution in [3.63, 3.8) is 0 Å². The van der Waals surface area contributed by atoms with E-state index in [1.807, 2.05) is 0 Å². The van der Waals surface area contributed by atoms with Crippen molar-refractivity contribution < 1.29 is 35.8 Å². The zero-order valence-electron chi connectivity index (χ0n) is 20.1. The van der Waals surface area contributed by atoms with Gasteiger partial charge in [-0.3, -0.25) is 0 Å². The number of aryl methyl sites for hydroxylation is 2. The molecule has 0 unspecified atom stereocenters. The first kappa shape index (κ1) is 27.4. The van der Waals surface area contributed by atoms with E-state index in [-0.39, 0.29) is 17.7 Å². The van der Waals surface area contributed by atoms with Gasteiger partial charge in [0, 0.05) is 0 Å². The van der Waals surface area contributed by atoms with Crippen molar-refractivity contribution in [2.24, 2.45) is 0 Å². The molecule has 2 nitrogen and oxygen atoms in total. The average Bonchev–Trinajstić information content (AvgIpc) is 2.84. The molecule has 0 heterocycles. The lowest BCUT2D eigenvalue weighted by Gasteiger charge is -2.21. The van der Waals surface area contributed by atoms with Crippen molar-refractivity contribution in [2.75, 3.05) is 0 Å². The summed E-state index contributed by atoms with van der Waals surface area (Å²) in [6.07, 6.45) is -2.60. The quantitative estimate of drug-likeness (QED) is 0.179. The highest BCUT2D eigenvalue weighted by Gasteiger charge is 2.40. The first-order valence-corrected chi connectivity index (χ1v) is 11.9. The minimum absolute atomic E-state index is 0.0443. The topological polar surface area (TPSA) is 18.5 Å². The number of benzene rings is 3. The van der Waals surface area contributed by atoms with Gasteiger partial charge in [-0.25, -0.2) is 8.78 Å². The monoisotopic (exact) mass is 510 g/mol. The van der Waals surface area contributed by atoms with E-state index in [9.17, 15) is 26.3 Å². The standard InChI is InChI=1S/C28H28F6O2/c1-3-5-6-7-8-19-9-14-22(15-10-19)35-27(31,32)21-12-16-23(17-13-21)36-28(33,34)24-18-11-20(4-2)25(29)26(24)30/h9-18H,3-8H2,1-2H3. The molecule has 194 valence electrons. The second kappa shape index (κ2) is 11.7. The third kappa shape index (κ3) is 6.74. The molecule has 0 spiro atoms. The summed E-state index contributed by atoms with van der Waals surface area (Å²) in [5.41, 5.74) is -0.916. The van der Waals surface area contributed by atoms with E-state index in [0.29, 0.717) is 0 Å². The van der Waals surface area contributed by atoms with Gasteiger partial charge in [0.25, 0.3) is 0 Å². The molecule has 0 saturated carbocycles. The van der Waals surface area contributed by atoms with Gasteiger partial charge < -0.3 is 9.47 Å². The van der Waals surface area contributed by atoms with Crippen LogP contribution in [0.3, 0.4) is 0 Å². The average molecular weight is 511 g/mol. The van der Waals surface area contributed by atoms with Gasteiger partial charge in [0.1, 0.15) is 17.1 Å². The van der Waals surface area contributed by atoms with Crippen molar-refractivity contribution in [1.29, 1.82) is 0 Å². The van der Waals surface area contributed by atoms with Crippen LogP contribution in [-0.4, -0.2) is 0 Å². The summed E-state index contributed by atoms with van der Waals surface area (Å²) < 4.78 is 95.7. The molecule has 0 atom stereocenters. The predicted molar refractivity (Wildman–Crippen MR) is 126 cm³/mol. The fraction of sp³-hybridized carbons (Fsp3) is 0.357. The van der Waals surface area contributed by atoms with Crippen LogP contribution in [0.25, 0.3) is 0 Å². The first-order chi connectivity index (χ1) is 17.1. The molecule has 36 heavy (non-hydrogen) atoms. The zero-order valence-corrected chi connectivity index (χ0v) is 20.1. The van der Waals surface area contributed by atoms with E-state index in [4.69, 9.17) is 4.74 Å². The molecule has 0 radical (unpaired) electrons. The molecule has 0 bridgehead atoms. The molecule has 3 aromatic carbocycles. The minimum Gasteiger partial charge on any atom is -0.429 e. The maximum atomic E-state index is 14.6. The smallest absolute Gasteiger partial charge is 0.429 e. The Morgan fingerprint density at radius 2 is 1.22 bits per heavy atom. The largest absolute Gasteiger partial charge is 0.429 e. The fourth-order valence-corrected chi connectivity index (χ4v) is 3.69. The maximum absolute atomic E-state index is 14.6. The van der Waals surface area contributed by atoms with Gasteiger partial charge >= 0.3 is 12.2 Å². The highest BCUT2D eigenvalue weighted by atomic mass is 19.3. The van der Waals surface area contributed by atoms with E-state index in [0.717, 1.165) is 74.1 Å². The molecule has 0 aromatic heterocycles. The molecule has 0 aliphatic rings. The van der Waals surface area contributed by atoms with Gasteiger partial charge in [-0.15, -0.1) is 0 Å². The van der Waals surface area contributed by atoms with Gasteiger partial charge in [-0.05, 0) is 72.9 Å². The highest BCUT2D eigenvalue weighted by Crippen LogP contribution is 2.37. The lowest BCUT2D eigenvalue weighted by Crippen LogP contribution is -2.25. The third-order valence-electron chi connectivity index (χ3n) is 5.78. The van der Waals surface area contributed by atoms with Crippen LogP contribution in [-0.2, 0) is 25.1 Å². The molecule has 0 aliphatic heterocycles. The number of halogens is 6. The SMILES string of the molecule is CCCCCCc1ccc(OC(F)(F)c2ccc(OC(F)(F)c3ccc(CC)c(F)c3F)cc2)cc1. The summed E-state index contributed by atoms with van der Waals surface area (Å²) in [6.45, 7) is 3.68. The predicted octanol–water partition coefficient (Wildman–Crippen LogP) is 8.91. The zero-order chi connectivity index (χ0) is 26.3. The Hall–Kier alpha value is -3.16. The minimum atomic E-state index is -4.23. The number of hydrogen-bond acceptors (Lipinski definition) is 2. The fourth-order valence-electron chi connectivity index (χ4n) is 3.69. The van der Waals surface area contributed by atoms with E-state index in [1.165, 1.54) is 12.1 Å². The van der Waals surface area contributed by atoms with Gasteiger partial charge in [-0.1, -0.05) is 51.3 Å². The Morgan fingerprint density at radius 3 is 1.81 bits per heavy atom. The van der Waals surface area contributed by atoms with Crippen LogP contribution in [0.4, 0.5) is 26.3 Å². The van der Waals surface area contributed by atoms with Crippen LogP contribution < -0.4 is 9.47 Å². The van der Waals surface area contributed by atoms with E-state index in [1.54, 1.807) is 19.1 Å². The van der Waals surface area contributed by atoms with E-state index >= 15 is 0 Å². The molecule has 0 amide bonds. The molecule has 0 N–H and O–H groups in total. The Morgan fingerprint density at radius 1 is 0.639 bits per heavy atom. The van der Waals surface area contributed by atoms with Gasteiger partial charge in [0.2, 0.25) is 0 Å². The van der Waals surface area contributed by atoms with Crippen LogP contribution in [0.15, 0.2) is 60.7 Å². The van der Waals surface area contributed by atoms with Gasteiger partial charge in [0.05, 0.1) is 5.56 Å². The van der Waals surface area contributed by atoms with Crippen molar-refractivity contribution in [3.8, 4) is 11.5 Å². The number of ether oxygens (including phenoxy) is 2. The summed E-state index contributed by atoms with van der Waals surface area (Å²) in [6, 6.07) is 11.7. The van der Waals surface area contributed by atoms with Crippen molar-refractivity contribution in [3.05, 3.63) is 94.6 Å². The summed E-state index contributed by atoms with van der Waals surface area (Å²) in [4.78, 5) is 0. The molecule has 0 saturated heterocycles. The lowest BCUT2D eigenvalue weighted by molar-refractivity contribution is -0.188. The number of unbranched alkanes of at least 4 members (excludes halogenated alkanes) is 3. The third-order valence-corrected chi connectivity index (χ3v) is 5.78. The first-order valence-electron chi connectivity index (χ1n) is 11.9. The summed E-state index contributed by atoms with van der Waals surface area (Å²) in [7, 11) is 0. The van der Waals surface area contributed by atoms with Gasteiger partial charge in [0.15, 0.2) is 11.6 Å². The van der Waals surface area contributed by atoms with Crippen molar-refractivity contribution >= 4 is 0 Å².